The summed E-state index contributed by atoms with van der Waals surface area (Å²) >= 11 is 0. The highest BCUT2D eigenvalue weighted by molar-refractivity contribution is 5.95. The van der Waals surface area contributed by atoms with Crippen molar-refractivity contribution in [1.82, 2.24) is 20.0 Å². The number of rotatable bonds is 6. The lowest BCUT2D eigenvalue weighted by Crippen LogP contribution is -2.53. The van der Waals surface area contributed by atoms with E-state index in [4.69, 9.17) is 4.74 Å². The fourth-order valence-electron chi connectivity index (χ4n) is 4.34. The fourth-order valence-corrected chi connectivity index (χ4v) is 4.34. The molecule has 0 bridgehead atoms. The molecule has 2 aromatic rings. The number of nitrogens with one attached hydrogen (secondary N) is 2. The van der Waals surface area contributed by atoms with Gasteiger partial charge in [-0.2, -0.15) is 0 Å². The van der Waals surface area contributed by atoms with Crippen LogP contribution < -0.4 is 10.6 Å². The number of urea groups is 2. The number of amides is 4. The van der Waals surface area contributed by atoms with Gasteiger partial charge in [0, 0.05) is 51.2 Å². The van der Waals surface area contributed by atoms with Crippen molar-refractivity contribution in [1.29, 1.82) is 0 Å². The van der Waals surface area contributed by atoms with Crippen molar-refractivity contribution < 1.29 is 19.1 Å². The van der Waals surface area contributed by atoms with Crippen LogP contribution >= 0.6 is 0 Å². The Morgan fingerprint density at radius 3 is 2.26 bits per heavy atom. The number of hydrogen-bond acceptors (Lipinski definition) is 5. The number of esters is 1. The second-order valence-corrected chi connectivity index (χ2v) is 8.49. The van der Waals surface area contributed by atoms with Gasteiger partial charge in [0.2, 0.25) is 0 Å². The summed E-state index contributed by atoms with van der Waals surface area (Å²) < 4.78 is 5.39. The molecule has 0 saturated carbocycles. The van der Waals surface area contributed by atoms with E-state index < -0.39 is 12.0 Å². The topological polar surface area (TPSA) is 94.2 Å². The van der Waals surface area contributed by atoms with Gasteiger partial charge in [0.25, 0.3) is 0 Å². The first kappa shape index (κ1) is 24.3. The molecule has 0 unspecified atom stereocenters. The van der Waals surface area contributed by atoms with Crippen LogP contribution in [0.3, 0.4) is 0 Å². The number of piperazine rings is 1. The van der Waals surface area contributed by atoms with Crippen LogP contribution in [0.25, 0.3) is 0 Å². The number of likely N-dealkylation sites (N-methyl/N-ethyl adjacent to an activating group) is 1. The van der Waals surface area contributed by atoms with Gasteiger partial charge < -0.3 is 20.3 Å². The van der Waals surface area contributed by atoms with Crippen molar-refractivity contribution in [2.45, 2.75) is 13.0 Å². The number of nitrogens with zero attached hydrogens (tertiary/aromatic N) is 3. The molecule has 1 saturated heterocycles. The molecule has 2 aliphatic rings. The summed E-state index contributed by atoms with van der Waals surface area (Å²) in [4.78, 5) is 43.9. The van der Waals surface area contributed by atoms with E-state index in [1.54, 1.807) is 18.9 Å². The van der Waals surface area contributed by atoms with Crippen LogP contribution in [-0.2, 0) is 9.53 Å². The lowest BCUT2D eigenvalue weighted by molar-refractivity contribution is -0.139. The van der Waals surface area contributed by atoms with Gasteiger partial charge in [0.15, 0.2) is 0 Å². The van der Waals surface area contributed by atoms with E-state index in [1.165, 1.54) is 4.90 Å². The number of para-hydroxylation sites is 1. The average molecular weight is 478 g/mol. The van der Waals surface area contributed by atoms with Crippen LogP contribution in [0, 0.1) is 0 Å². The molecule has 2 heterocycles. The number of benzene rings is 2. The van der Waals surface area contributed by atoms with Crippen molar-refractivity contribution in [2.24, 2.45) is 0 Å². The molecule has 0 radical (unpaired) electrons. The van der Waals surface area contributed by atoms with Gasteiger partial charge in [0.1, 0.15) is 0 Å². The van der Waals surface area contributed by atoms with E-state index in [2.05, 4.69) is 15.5 Å². The summed E-state index contributed by atoms with van der Waals surface area (Å²) in [6.45, 7) is 4.72. The van der Waals surface area contributed by atoms with Gasteiger partial charge in [-0.05, 0) is 24.6 Å². The minimum atomic E-state index is -0.591. The summed E-state index contributed by atoms with van der Waals surface area (Å²) in [5, 5.41) is 5.85. The van der Waals surface area contributed by atoms with E-state index in [9.17, 15) is 14.4 Å². The zero-order valence-electron chi connectivity index (χ0n) is 20.1. The maximum atomic E-state index is 13.1. The highest BCUT2D eigenvalue weighted by Gasteiger charge is 2.37. The predicted molar refractivity (Wildman–Crippen MR) is 133 cm³/mol. The molecule has 184 valence electrons. The van der Waals surface area contributed by atoms with Crippen molar-refractivity contribution >= 4 is 23.7 Å². The lowest BCUT2D eigenvalue weighted by Gasteiger charge is -2.39. The van der Waals surface area contributed by atoms with E-state index in [1.807, 2.05) is 60.7 Å². The smallest absolute Gasteiger partial charge is 0.338 e. The Hall–Kier alpha value is -3.85. The molecule has 1 fully saturated rings. The number of anilines is 1. The predicted octanol–water partition coefficient (Wildman–Crippen LogP) is 3.05. The van der Waals surface area contributed by atoms with Crippen molar-refractivity contribution in [3.8, 4) is 0 Å². The van der Waals surface area contributed by atoms with Gasteiger partial charge in [-0.3, -0.25) is 9.80 Å². The van der Waals surface area contributed by atoms with Crippen LogP contribution in [0.15, 0.2) is 71.9 Å². The van der Waals surface area contributed by atoms with E-state index >= 15 is 0 Å². The first-order valence-electron chi connectivity index (χ1n) is 11.8. The minimum absolute atomic E-state index is 0.138. The van der Waals surface area contributed by atoms with Gasteiger partial charge in [0.05, 0.1) is 18.2 Å². The second kappa shape index (κ2) is 11.1. The Balaban J connectivity index is 1.51. The Labute approximate surface area is 205 Å². The van der Waals surface area contributed by atoms with Crippen molar-refractivity contribution in [3.05, 3.63) is 77.5 Å². The van der Waals surface area contributed by atoms with Crippen molar-refractivity contribution in [3.63, 3.8) is 0 Å². The monoisotopic (exact) mass is 477 g/mol. The minimum Gasteiger partial charge on any atom is -0.463 e. The fraction of sp³-hybridized carbons (Fsp3) is 0.346. The summed E-state index contributed by atoms with van der Waals surface area (Å²) in [6.07, 6.45) is 0. The maximum Gasteiger partial charge on any atom is 0.338 e. The number of ether oxygens (including phenoxy) is 1. The quantitative estimate of drug-likeness (QED) is 0.624. The van der Waals surface area contributed by atoms with Crippen LogP contribution in [-0.4, -0.2) is 79.1 Å². The molecule has 35 heavy (non-hydrogen) atoms. The lowest BCUT2D eigenvalue weighted by atomic mass is 9.94. The third kappa shape index (κ3) is 5.63. The van der Waals surface area contributed by atoms with Gasteiger partial charge in [-0.25, -0.2) is 14.4 Å². The molecule has 0 aliphatic carbocycles. The zero-order chi connectivity index (χ0) is 24.8. The molecule has 0 spiro atoms. The first-order valence-corrected chi connectivity index (χ1v) is 11.8. The standard InChI is InChI=1S/C26H31N5O4/c1-3-35-24(32)22-21(29(2)25(33)28-23(22)19-10-6-4-7-11-19)18-30-14-16-31(17-15-30)26(34)27-20-12-8-5-9-13-20/h4-13,23H,3,14-18H2,1-2H3,(H,27,34)(H,28,33)/t23-/m0/s1. The Morgan fingerprint density at radius 2 is 1.63 bits per heavy atom. The van der Waals surface area contributed by atoms with E-state index in [-0.39, 0.29) is 18.7 Å². The highest BCUT2D eigenvalue weighted by atomic mass is 16.5. The molecular weight excluding hydrogens is 446 g/mol. The third-order valence-electron chi connectivity index (χ3n) is 6.26. The maximum absolute atomic E-state index is 13.1. The van der Waals surface area contributed by atoms with E-state index in [0.717, 1.165) is 11.3 Å². The van der Waals surface area contributed by atoms with Crippen LogP contribution in [0.5, 0.6) is 0 Å². The Kier molecular flexibility index (Phi) is 7.67. The Bertz CT molecular complexity index is 1080. The first-order chi connectivity index (χ1) is 17.0. The van der Waals surface area contributed by atoms with Crippen LogP contribution in [0.2, 0.25) is 0 Å². The molecule has 0 aromatic heterocycles. The number of carbonyl (C=O) groups is 3. The number of hydrogen-bond donors (Lipinski definition) is 2. The summed E-state index contributed by atoms with van der Waals surface area (Å²) in [5.74, 6) is -0.441. The summed E-state index contributed by atoms with van der Waals surface area (Å²) in [5.41, 5.74) is 2.62. The summed E-state index contributed by atoms with van der Waals surface area (Å²) in [6, 6.07) is 17.8. The second-order valence-electron chi connectivity index (χ2n) is 8.49. The molecule has 4 rings (SSSR count). The van der Waals surface area contributed by atoms with Gasteiger partial charge in [-0.15, -0.1) is 0 Å². The highest BCUT2D eigenvalue weighted by Crippen LogP contribution is 2.31. The Morgan fingerprint density at radius 1 is 1.00 bits per heavy atom. The molecule has 2 aromatic carbocycles. The third-order valence-corrected chi connectivity index (χ3v) is 6.26. The van der Waals surface area contributed by atoms with Crippen LogP contribution in [0.1, 0.15) is 18.5 Å². The molecule has 2 aliphatic heterocycles. The van der Waals surface area contributed by atoms with Gasteiger partial charge in [-0.1, -0.05) is 48.5 Å². The van der Waals surface area contributed by atoms with E-state index in [0.29, 0.717) is 44.0 Å². The zero-order valence-corrected chi connectivity index (χ0v) is 20.1. The van der Waals surface area contributed by atoms with Crippen molar-refractivity contribution in [2.75, 3.05) is 51.7 Å². The van der Waals surface area contributed by atoms with Crippen LogP contribution in [0.4, 0.5) is 15.3 Å². The molecule has 2 N–H and O–H groups in total. The normalized spacial score (nSPS) is 18.8. The molecule has 9 heteroatoms. The van der Waals surface area contributed by atoms with Gasteiger partial charge >= 0.3 is 18.0 Å². The largest absolute Gasteiger partial charge is 0.463 e. The molecular formula is C26H31N5O4. The number of carbonyl (C=O) groups excluding carboxylic acids is 3. The molecule has 1 atom stereocenters. The molecule has 9 nitrogen and oxygen atoms in total. The summed E-state index contributed by atoms with van der Waals surface area (Å²) in [7, 11) is 1.66. The SMILES string of the molecule is CCOC(=O)C1=C(CN2CCN(C(=O)Nc3ccccc3)CC2)N(C)C(=O)N[C@H]1c1ccccc1. The average Bonchev–Trinajstić information content (AvgIpc) is 2.88. The molecule has 4 amide bonds.